The Kier molecular flexibility index (Phi) is 6.70. The van der Waals surface area contributed by atoms with Crippen molar-refractivity contribution < 1.29 is 40.0 Å². The van der Waals surface area contributed by atoms with Crippen molar-refractivity contribution in [3.63, 3.8) is 0 Å². The maximum Gasteiger partial charge on any atom is 4.00 e. The minimum Gasteiger partial charge on any atom is -1.00 e. The quantitative estimate of drug-likeness (QED) is 0.307. The first-order chi connectivity index (χ1) is 12.9. The molecule has 0 bridgehead atoms. The molecule has 0 heterocycles. The Bertz CT molecular complexity index is 931. The molecule has 2 heteroatoms. The Hall–Kier alpha value is -1.95. The first-order valence-electron chi connectivity index (χ1n) is 9.06. The van der Waals surface area contributed by atoms with Gasteiger partial charge in [0.15, 0.2) is 0 Å². The summed E-state index contributed by atoms with van der Waals surface area (Å²) < 4.78 is 0. The van der Waals surface area contributed by atoms with Crippen LogP contribution in [0.5, 0.6) is 0 Å². The summed E-state index contributed by atoms with van der Waals surface area (Å²) in [6.07, 6.45) is 2.10. The van der Waals surface area contributed by atoms with Crippen molar-refractivity contribution in [1.82, 2.24) is 0 Å². The van der Waals surface area contributed by atoms with E-state index in [4.69, 9.17) is 0 Å². The fraction of sp³-hybridized carbons (Fsp3) is 0.0769. The third-order valence-corrected chi connectivity index (χ3v) is 5.23. The summed E-state index contributed by atoms with van der Waals surface area (Å²) in [6.45, 7) is 0. The predicted octanol–water partition coefficient (Wildman–Crippen LogP) is 3.23. The first kappa shape index (κ1) is 20.8. The van der Waals surface area contributed by atoms with E-state index >= 15 is 0 Å². The standard InChI is InChI=1S/2C13H9.ClH.Zr.H/c2*1-3-7-12-10(5-1)9-11-6-2-4-8-13(11)12;;;/h2*1-5,7-8H,9H2;1H;;/q2*-1;;+4;-1/p-1. The Labute approximate surface area is 193 Å². The van der Waals surface area contributed by atoms with E-state index in [1.54, 1.807) is 0 Å². The first-order valence-corrected chi connectivity index (χ1v) is 9.06. The van der Waals surface area contributed by atoms with Crippen LogP contribution in [-0.2, 0) is 39.0 Å². The summed E-state index contributed by atoms with van der Waals surface area (Å²) in [7, 11) is 0. The van der Waals surface area contributed by atoms with Crippen LogP contribution < -0.4 is 12.4 Å². The maximum atomic E-state index is 3.30. The minimum atomic E-state index is 0. The normalized spacial score (nSPS) is 11.4. The van der Waals surface area contributed by atoms with Gasteiger partial charge in [-0.3, -0.25) is 0 Å². The molecule has 6 rings (SSSR count). The molecule has 0 saturated heterocycles. The minimum absolute atomic E-state index is 0. The average molecular weight is 458 g/mol. The van der Waals surface area contributed by atoms with Crippen LogP contribution in [0.2, 0.25) is 0 Å². The Morgan fingerprint density at radius 3 is 1.39 bits per heavy atom. The molecule has 28 heavy (non-hydrogen) atoms. The number of hydrogen-bond donors (Lipinski definition) is 0. The van der Waals surface area contributed by atoms with E-state index in [1.165, 1.54) is 44.5 Å². The summed E-state index contributed by atoms with van der Waals surface area (Å²) >= 11 is 0. The predicted molar refractivity (Wildman–Crippen MR) is 108 cm³/mol. The van der Waals surface area contributed by atoms with E-state index in [0.717, 1.165) is 12.8 Å². The van der Waals surface area contributed by atoms with Crippen molar-refractivity contribution in [2.75, 3.05) is 0 Å². The molecule has 0 aliphatic heterocycles. The topological polar surface area (TPSA) is 0 Å². The van der Waals surface area contributed by atoms with Crippen LogP contribution in [-0.4, -0.2) is 0 Å². The second-order valence-corrected chi connectivity index (χ2v) is 6.79. The molecule has 134 valence electrons. The summed E-state index contributed by atoms with van der Waals surface area (Å²) in [5.41, 5.74) is 11.0. The van der Waals surface area contributed by atoms with Gasteiger partial charge < -0.3 is 13.8 Å². The smallest absolute Gasteiger partial charge is 1.00 e. The average Bonchev–Trinajstić information content (AvgIpc) is 3.27. The van der Waals surface area contributed by atoms with Gasteiger partial charge in [0, 0.05) is 0 Å². The molecule has 0 unspecified atom stereocenters. The number of hydrogen-bond acceptors (Lipinski definition) is 0. The third-order valence-electron chi connectivity index (χ3n) is 5.23. The van der Waals surface area contributed by atoms with Crippen molar-refractivity contribution in [2.24, 2.45) is 0 Å². The second kappa shape index (κ2) is 9.04. The van der Waals surface area contributed by atoms with Crippen LogP contribution in [0.1, 0.15) is 23.7 Å². The summed E-state index contributed by atoms with van der Waals surface area (Å²) in [6, 6.07) is 36.2. The molecule has 0 aromatic heterocycles. The molecule has 0 amide bonds. The van der Waals surface area contributed by atoms with Crippen LogP contribution >= 0.6 is 0 Å². The Morgan fingerprint density at radius 1 is 0.536 bits per heavy atom. The third kappa shape index (κ3) is 3.79. The molecule has 0 saturated carbocycles. The van der Waals surface area contributed by atoms with Gasteiger partial charge in [0.25, 0.3) is 0 Å². The van der Waals surface area contributed by atoms with Gasteiger partial charge in [-0.2, -0.15) is 59.7 Å². The molecule has 2 aliphatic rings. The number of fused-ring (bicyclic) bond motifs is 6. The van der Waals surface area contributed by atoms with Crippen LogP contribution in [0.4, 0.5) is 0 Å². The monoisotopic (exact) mass is 456 g/mol. The Balaban J connectivity index is 0.000000187. The second-order valence-electron chi connectivity index (χ2n) is 6.79. The van der Waals surface area contributed by atoms with Gasteiger partial charge >= 0.3 is 26.2 Å². The van der Waals surface area contributed by atoms with Gasteiger partial charge in [0.2, 0.25) is 0 Å². The van der Waals surface area contributed by atoms with E-state index in [9.17, 15) is 0 Å². The largest absolute Gasteiger partial charge is 4.00 e. The molecular formula is C26H19ClZr. The SMILES string of the molecule is [Cl-].[H-].[Zr+4].[c-]1cccc2c1Cc1ccccc1-2.[c-]1cccc2c1Cc1ccccc1-2. The van der Waals surface area contributed by atoms with Gasteiger partial charge in [-0.25, -0.2) is 0 Å². The molecular weight excluding hydrogens is 439 g/mol. The van der Waals surface area contributed by atoms with Gasteiger partial charge in [-0.05, 0) is 12.8 Å². The van der Waals surface area contributed by atoms with E-state index in [-0.39, 0.29) is 40.0 Å². The molecule has 4 aromatic carbocycles. The van der Waals surface area contributed by atoms with E-state index in [1.807, 2.05) is 12.1 Å². The van der Waals surface area contributed by atoms with E-state index < -0.39 is 0 Å². The molecule has 0 atom stereocenters. The van der Waals surface area contributed by atoms with Crippen LogP contribution in [0, 0.1) is 12.1 Å². The zero-order valence-electron chi connectivity index (χ0n) is 16.4. The zero-order valence-corrected chi connectivity index (χ0v) is 18.6. The molecule has 0 N–H and O–H groups in total. The van der Waals surface area contributed by atoms with Crippen LogP contribution in [0.3, 0.4) is 0 Å². The summed E-state index contributed by atoms with van der Waals surface area (Å²) in [4.78, 5) is 0. The molecule has 0 fully saturated rings. The number of benzene rings is 4. The van der Waals surface area contributed by atoms with E-state index in [2.05, 4.69) is 84.9 Å². The number of rotatable bonds is 0. The molecule has 0 nitrogen and oxygen atoms in total. The molecule has 2 aliphatic carbocycles. The Morgan fingerprint density at radius 2 is 0.929 bits per heavy atom. The maximum absolute atomic E-state index is 3.30. The summed E-state index contributed by atoms with van der Waals surface area (Å²) in [5, 5.41) is 0. The van der Waals surface area contributed by atoms with Crippen LogP contribution in [0.25, 0.3) is 22.3 Å². The van der Waals surface area contributed by atoms with Crippen LogP contribution in [0.15, 0.2) is 84.9 Å². The van der Waals surface area contributed by atoms with E-state index in [0.29, 0.717) is 0 Å². The van der Waals surface area contributed by atoms with Crippen molar-refractivity contribution in [2.45, 2.75) is 12.8 Å². The van der Waals surface area contributed by atoms with Gasteiger partial charge in [0.1, 0.15) is 0 Å². The van der Waals surface area contributed by atoms with Crippen molar-refractivity contribution in [1.29, 1.82) is 0 Å². The van der Waals surface area contributed by atoms with Gasteiger partial charge in [-0.15, -0.1) is 11.1 Å². The number of halogens is 1. The van der Waals surface area contributed by atoms with Gasteiger partial charge in [0.05, 0.1) is 0 Å². The van der Waals surface area contributed by atoms with Crippen molar-refractivity contribution in [3.05, 3.63) is 119 Å². The molecule has 4 aromatic rings. The zero-order chi connectivity index (χ0) is 17.3. The van der Waals surface area contributed by atoms with Crippen molar-refractivity contribution >= 4 is 0 Å². The summed E-state index contributed by atoms with van der Waals surface area (Å²) in [5.74, 6) is 0. The van der Waals surface area contributed by atoms with Crippen molar-refractivity contribution in [3.8, 4) is 22.3 Å². The molecule has 0 radical (unpaired) electrons. The molecule has 0 spiro atoms. The van der Waals surface area contributed by atoms with Gasteiger partial charge in [-0.1, -0.05) is 70.8 Å². The fourth-order valence-corrected chi connectivity index (χ4v) is 4.00. The fourth-order valence-electron chi connectivity index (χ4n) is 4.00.